The summed E-state index contributed by atoms with van der Waals surface area (Å²) in [5, 5.41) is 13.9. The molecular weight excluding hydrogens is 483 g/mol. The third kappa shape index (κ3) is 4.10. The zero-order valence-electron chi connectivity index (χ0n) is 18.0. The van der Waals surface area contributed by atoms with Crippen molar-refractivity contribution in [1.29, 1.82) is 0 Å². The highest BCUT2D eigenvalue weighted by atomic mass is 32.2. The second kappa shape index (κ2) is 8.56. The number of nitrogens with two attached hydrogens (primary N) is 1. The topological polar surface area (TPSA) is 139 Å². The highest BCUT2D eigenvalue weighted by molar-refractivity contribution is 7.83. The second-order valence-corrected chi connectivity index (χ2v) is 10.6. The van der Waals surface area contributed by atoms with Crippen molar-refractivity contribution in [1.82, 2.24) is 24.5 Å². The van der Waals surface area contributed by atoms with E-state index in [-0.39, 0.29) is 24.4 Å². The van der Waals surface area contributed by atoms with Crippen LogP contribution in [0.15, 0.2) is 48.8 Å². The van der Waals surface area contributed by atoms with E-state index in [0.29, 0.717) is 33.3 Å². The average Bonchev–Trinajstić information content (AvgIpc) is 3.18. The zero-order valence-corrected chi connectivity index (χ0v) is 19.6. The predicted molar refractivity (Wildman–Crippen MR) is 125 cm³/mol. The summed E-state index contributed by atoms with van der Waals surface area (Å²) >= 11 is 1.28. The molecule has 1 aliphatic rings. The number of fused-ring (bicyclic) bond motifs is 1. The summed E-state index contributed by atoms with van der Waals surface area (Å²) in [7, 11) is -1.60. The Bertz CT molecular complexity index is 1590. The smallest absolute Gasteiger partial charge is 0.332 e. The van der Waals surface area contributed by atoms with Crippen molar-refractivity contribution >= 4 is 38.0 Å². The molecule has 3 heterocycles. The van der Waals surface area contributed by atoms with E-state index in [9.17, 15) is 18.2 Å². The van der Waals surface area contributed by atoms with Crippen LogP contribution in [0.5, 0.6) is 0 Å². The third-order valence-corrected chi connectivity index (χ3v) is 7.81. The number of aryl methyl sites for hydroxylation is 1. The fourth-order valence-electron chi connectivity index (χ4n) is 3.78. The molecule has 1 aliphatic carbocycles. The highest BCUT2D eigenvalue weighted by Crippen LogP contribution is 2.40. The van der Waals surface area contributed by atoms with E-state index < -0.39 is 33.9 Å². The Hall–Kier alpha value is -3.16. The van der Waals surface area contributed by atoms with Gasteiger partial charge in [-0.2, -0.15) is 5.37 Å². The Balaban J connectivity index is 1.65. The number of rotatable bonds is 7. The van der Waals surface area contributed by atoms with Crippen molar-refractivity contribution in [3.8, 4) is 0 Å². The highest BCUT2D eigenvalue weighted by Gasteiger charge is 2.48. The average molecular weight is 504 g/mol. The van der Waals surface area contributed by atoms with Gasteiger partial charge >= 0.3 is 5.69 Å². The lowest BCUT2D eigenvalue weighted by atomic mass is 10.2. The molecule has 1 saturated carbocycles. The van der Waals surface area contributed by atoms with Crippen LogP contribution in [0.2, 0.25) is 0 Å². The molecule has 178 valence electrons. The van der Waals surface area contributed by atoms with E-state index in [1.165, 1.54) is 27.3 Å². The Morgan fingerprint density at radius 2 is 2.15 bits per heavy atom. The Labute approximate surface area is 197 Å². The lowest BCUT2D eigenvalue weighted by Crippen LogP contribution is -2.40. The molecule has 0 aliphatic heterocycles. The van der Waals surface area contributed by atoms with Gasteiger partial charge in [-0.15, -0.1) is 26.4 Å². The van der Waals surface area contributed by atoms with Gasteiger partial charge in [0, 0.05) is 11.6 Å². The molecule has 0 amide bonds. The molecule has 0 saturated heterocycles. The normalized spacial score (nSPS) is 20.7. The number of hydrogen-bond acceptors (Lipinski definition) is 10. The lowest BCUT2D eigenvalue weighted by molar-refractivity contribution is 0.368. The maximum Gasteiger partial charge on any atom is 0.332 e. The van der Waals surface area contributed by atoms with Crippen molar-refractivity contribution in [3.05, 3.63) is 67.1 Å². The molecule has 5 rings (SSSR count). The van der Waals surface area contributed by atoms with Gasteiger partial charge in [-0.05, 0) is 25.3 Å². The summed E-state index contributed by atoms with van der Waals surface area (Å²) in [4.78, 5) is 27.0. The Morgan fingerprint density at radius 1 is 1.32 bits per heavy atom. The molecule has 10 nitrogen and oxygen atoms in total. The quantitative estimate of drug-likeness (QED) is 0.293. The van der Waals surface area contributed by atoms with Crippen LogP contribution in [0, 0.1) is 12.8 Å². The van der Waals surface area contributed by atoms with Crippen LogP contribution in [0.4, 0.5) is 4.39 Å². The van der Waals surface area contributed by atoms with Gasteiger partial charge in [0.1, 0.15) is 17.2 Å². The second-order valence-electron chi connectivity index (χ2n) is 8.32. The number of aromatic nitrogens is 5. The van der Waals surface area contributed by atoms with Gasteiger partial charge in [0.2, 0.25) is 0 Å². The van der Waals surface area contributed by atoms with Crippen LogP contribution in [-0.4, -0.2) is 42.1 Å². The van der Waals surface area contributed by atoms with Gasteiger partial charge in [0.25, 0.3) is 5.56 Å². The summed E-state index contributed by atoms with van der Waals surface area (Å²) < 4.78 is 33.6. The first-order chi connectivity index (χ1) is 16.3. The largest absolute Gasteiger partial charge is 0.457 e. The van der Waals surface area contributed by atoms with Gasteiger partial charge in [-0.25, -0.2) is 19.6 Å². The van der Waals surface area contributed by atoms with E-state index >= 15 is 0 Å². The van der Waals surface area contributed by atoms with Crippen molar-refractivity contribution in [2.45, 2.75) is 36.9 Å². The molecular formula is C21H20FN6O4S2-. The van der Waals surface area contributed by atoms with E-state index in [1.54, 1.807) is 30.6 Å². The van der Waals surface area contributed by atoms with Gasteiger partial charge in [-0.3, -0.25) is 13.9 Å². The molecule has 2 N–H and O–H groups in total. The van der Waals surface area contributed by atoms with Crippen LogP contribution < -0.4 is 17.0 Å². The van der Waals surface area contributed by atoms with E-state index in [4.69, 9.17) is 10.3 Å². The first-order valence-corrected chi connectivity index (χ1v) is 12.4. The molecule has 3 aromatic heterocycles. The SMILES string of the molecule is Cc1cc(Cn2c(=O)c3cc([S-](=O)=CC4CC4(N)CF)ccc3n(Cc3nncs3)c2=O)on1. The van der Waals surface area contributed by atoms with Crippen LogP contribution >= 0.6 is 11.3 Å². The third-order valence-electron chi connectivity index (χ3n) is 5.83. The van der Waals surface area contributed by atoms with E-state index in [0.717, 1.165) is 4.57 Å². The van der Waals surface area contributed by atoms with Gasteiger partial charge in [0.15, 0.2) is 5.76 Å². The van der Waals surface area contributed by atoms with Crippen molar-refractivity contribution in [2.24, 2.45) is 11.7 Å². The summed E-state index contributed by atoms with van der Waals surface area (Å²) in [6.07, 6.45) is 0.424. The maximum atomic E-state index is 13.4. The summed E-state index contributed by atoms with van der Waals surface area (Å²) in [5.41, 5.74) is 6.36. The minimum Gasteiger partial charge on any atom is -0.457 e. The van der Waals surface area contributed by atoms with Crippen molar-refractivity contribution in [2.75, 3.05) is 6.67 Å². The minimum atomic E-state index is -1.60. The molecule has 2 unspecified atom stereocenters. The molecule has 13 heteroatoms. The van der Waals surface area contributed by atoms with E-state index in [2.05, 4.69) is 15.4 Å². The van der Waals surface area contributed by atoms with Crippen LogP contribution in [0.25, 0.3) is 10.9 Å². The van der Waals surface area contributed by atoms with Gasteiger partial charge < -0.3 is 14.5 Å². The Kier molecular flexibility index (Phi) is 5.70. The lowest BCUT2D eigenvalue weighted by Gasteiger charge is -2.15. The summed E-state index contributed by atoms with van der Waals surface area (Å²) in [6, 6.07) is 6.31. The molecule has 0 bridgehead atoms. The van der Waals surface area contributed by atoms with Crippen LogP contribution in [-0.2, 0) is 27.7 Å². The standard InChI is InChI=1S/C21H20FN6O4S2/c1-12-4-14(32-26-12)7-28-19(29)16-5-15(34(31)9-13-6-21(13,23)10-22)2-3-17(16)27(20(28)30)8-18-25-24-11-33-18/h2-5,9,11,13H,6-8,10,23H2,1H3/q-1. The number of benzene rings is 1. The molecule has 0 radical (unpaired) electrons. The minimum absolute atomic E-state index is 0.110. The zero-order chi connectivity index (χ0) is 24.0. The molecule has 1 fully saturated rings. The fraction of sp³-hybridized carbons (Fsp3) is 0.333. The van der Waals surface area contributed by atoms with E-state index in [1.807, 2.05) is 0 Å². The molecule has 2 atom stereocenters. The number of alkyl halides is 1. The number of halogens is 1. The van der Waals surface area contributed by atoms with Gasteiger partial charge in [-0.1, -0.05) is 17.3 Å². The Morgan fingerprint density at radius 3 is 2.79 bits per heavy atom. The first kappa shape index (κ1) is 22.6. The number of nitrogens with zero attached hydrogens (tertiary/aromatic N) is 5. The van der Waals surface area contributed by atoms with Crippen LogP contribution in [0.1, 0.15) is 22.9 Å². The molecule has 1 aromatic carbocycles. The van der Waals surface area contributed by atoms with Crippen LogP contribution in [0.3, 0.4) is 0 Å². The van der Waals surface area contributed by atoms with Crippen molar-refractivity contribution < 1.29 is 13.1 Å². The summed E-state index contributed by atoms with van der Waals surface area (Å²) in [6.45, 7) is 1.05. The maximum absolute atomic E-state index is 13.4. The molecule has 4 aromatic rings. The monoisotopic (exact) mass is 503 g/mol. The van der Waals surface area contributed by atoms with Gasteiger partial charge in [0.05, 0.1) is 29.7 Å². The summed E-state index contributed by atoms with van der Waals surface area (Å²) in [5.74, 6) is 0.0533. The predicted octanol–water partition coefficient (Wildman–Crippen LogP) is 1.22. The fourth-order valence-corrected chi connectivity index (χ4v) is 5.56. The molecule has 0 spiro atoms. The molecule has 34 heavy (non-hydrogen) atoms. The number of hydrogen-bond donors (Lipinski definition) is 1. The van der Waals surface area contributed by atoms with Crippen molar-refractivity contribution in [3.63, 3.8) is 0 Å². The first-order valence-electron chi connectivity index (χ1n) is 10.3.